The number of nitro groups is 1. The molecule has 0 aliphatic heterocycles. The number of benzene rings is 1. The van der Waals surface area contributed by atoms with E-state index in [1.54, 1.807) is 13.8 Å². The number of aromatic nitrogens is 1. The zero-order chi connectivity index (χ0) is 15.6. The van der Waals surface area contributed by atoms with Crippen LogP contribution in [0.2, 0.25) is 0 Å². The van der Waals surface area contributed by atoms with Crippen molar-refractivity contribution in [1.82, 2.24) is 4.98 Å². The maximum absolute atomic E-state index is 11.0. The lowest BCUT2D eigenvalue weighted by atomic mass is 10.1. The smallest absolute Gasteiger partial charge is 0.342 e. The molecule has 0 aliphatic rings. The standard InChI is InChI=1S/C13H12N2O6/c1-7-8(2)21-12(14-7)6-20-9-3-4-11(15(18)19)10(5-9)13(16)17/h3-5H,6H2,1-2H3,(H,16,17). The number of aryl methyl sites for hydroxylation is 2. The number of carboxylic acids is 1. The number of rotatable bonds is 5. The predicted octanol–water partition coefficient (Wildman–Crippen LogP) is 2.48. The Bertz CT molecular complexity index is 687. The van der Waals surface area contributed by atoms with E-state index in [9.17, 15) is 14.9 Å². The van der Waals surface area contributed by atoms with Crippen LogP contribution < -0.4 is 4.74 Å². The zero-order valence-electron chi connectivity index (χ0n) is 11.3. The molecule has 110 valence electrons. The third kappa shape index (κ3) is 3.16. The van der Waals surface area contributed by atoms with Gasteiger partial charge >= 0.3 is 5.97 Å². The van der Waals surface area contributed by atoms with Crippen LogP contribution in [0, 0.1) is 24.0 Å². The van der Waals surface area contributed by atoms with E-state index < -0.39 is 22.1 Å². The molecule has 0 radical (unpaired) electrons. The van der Waals surface area contributed by atoms with Gasteiger partial charge in [0.1, 0.15) is 17.1 Å². The van der Waals surface area contributed by atoms with Crippen LogP contribution in [0.1, 0.15) is 27.7 Å². The molecule has 0 bridgehead atoms. The molecule has 0 spiro atoms. The van der Waals surface area contributed by atoms with E-state index >= 15 is 0 Å². The maximum Gasteiger partial charge on any atom is 0.342 e. The molecule has 0 aliphatic carbocycles. The molecule has 1 aromatic heterocycles. The number of hydrogen-bond acceptors (Lipinski definition) is 6. The highest BCUT2D eigenvalue weighted by Crippen LogP contribution is 2.24. The molecule has 21 heavy (non-hydrogen) atoms. The Balaban J connectivity index is 2.19. The van der Waals surface area contributed by atoms with Crippen LogP contribution in [-0.2, 0) is 6.61 Å². The normalized spacial score (nSPS) is 10.4. The van der Waals surface area contributed by atoms with E-state index in [0.29, 0.717) is 11.7 Å². The third-order valence-electron chi connectivity index (χ3n) is 2.83. The van der Waals surface area contributed by atoms with Crippen molar-refractivity contribution in [2.45, 2.75) is 20.5 Å². The minimum atomic E-state index is -1.39. The van der Waals surface area contributed by atoms with Crippen LogP contribution in [0.3, 0.4) is 0 Å². The first-order chi connectivity index (χ1) is 9.88. The van der Waals surface area contributed by atoms with Crippen molar-refractivity contribution in [2.75, 3.05) is 0 Å². The number of aromatic carboxylic acids is 1. The van der Waals surface area contributed by atoms with Gasteiger partial charge in [-0.25, -0.2) is 9.78 Å². The second kappa shape index (κ2) is 5.61. The summed E-state index contributed by atoms with van der Waals surface area (Å²) in [7, 11) is 0. The predicted molar refractivity (Wildman–Crippen MR) is 70.4 cm³/mol. The van der Waals surface area contributed by atoms with Gasteiger partial charge in [0.25, 0.3) is 5.69 Å². The lowest BCUT2D eigenvalue weighted by molar-refractivity contribution is -0.385. The Morgan fingerprint density at radius 1 is 1.48 bits per heavy atom. The molecule has 0 atom stereocenters. The molecule has 2 rings (SSSR count). The second-order valence-electron chi connectivity index (χ2n) is 4.28. The topological polar surface area (TPSA) is 116 Å². The monoisotopic (exact) mass is 292 g/mol. The molecule has 1 heterocycles. The number of nitrogens with zero attached hydrogens (tertiary/aromatic N) is 2. The van der Waals surface area contributed by atoms with Crippen LogP contribution >= 0.6 is 0 Å². The van der Waals surface area contributed by atoms with E-state index in [2.05, 4.69) is 4.98 Å². The highest BCUT2D eigenvalue weighted by atomic mass is 16.6. The average molecular weight is 292 g/mol. The van der Waals surface area contributed by atoms with Gasteiger partial charge in [-0.3, -0.25) is 10.1 Å². The number of hydrogen-bond donors (Lipinski definition) is 1. The summed E-state index contributed by atoms with van der Waals surface area (Å²) < 4.78 is 10.7. The summed E-state index contributed by atoms with van der Waals surface area (Å²) in [5, 5.41) is 19.7. The van der Waals surface area contributed by atoms with E-state index in [-0.39, 0.29) is 12.4 Å². The first-order valence-corrected chi connectivity index (χ1v) is 5.96. The highest BCUT2D eigenvalue weighted by Gasteiger charge is 2.20. The van der Waals surface area contributed by atoms with E-state index in [0.717, 1.165) is 17.8 Å². The number of carboxylic acid groups (broad SMARTS) is 1. The van der Waals surface area contributed by atoms with Crippen LogP contribution in [0.5, 0.6) is 5.75 Å². The fraction of sp³-hybridized carbons (Fsp3) is 0.231. The Morgan fingerprint density at radius 2 is 2.19 bits per heavy atom. The van der Waals surface area contributed by atoms with E-state index in [4.69, 9.17) is 14.3 Å². The van der Waals surface area contributed by atoms with Crippen molar-refractivity contribution >= 4 is 11.7 Å². The van der Waals surface area contributed by atoms with Crippen LogP contribution in [-0.4, -0.2) is 21.0 Å². The summed E-state index contributed by atoms with van der Waals surface area (Å²) in [6.07, 6.45) is 0. The minimum Gasteiger partial charge on any atom is -0.484 e. The molecule has 0 amide bonds. The zero-order valence-corrected chi connectivity index (χ0v) is 11.3. The van der Waals surface area contributed by atoms with Gasteiger partial charge in [0, 0.05) is 12.1 Å². The fourth-order valence-electron chi connectivity index (χ4n) is 1.68. The Labute approximate surface area is 119 Å². The van der Waals surface area contributed by atoms with Gasteiger partial charge in [0.05, 0.1) is 10.6 Å². The SMILES string of the molecule is Cc1nc(COc2ccc([N+](=O)[O-])c(C(=O)O)c2)oc1C. The van der Waals surface area contributed by atoms with E-state index in [1.807, 2.05) is 0 Å². The van der Waals surface area contributed by atoms with Crippen molar-refractivity contribution in [1.29, 1.82) is 0 Å². The molecular formula is C13H12N2O6. The van der Waals surface area contributed by atoms with Crippen LogP contribution in [0.4, 0.5) is 5.69 Å². The minimum absolute atomic E-state index is 0.00551. The fourth-order valence-corrected chi connectivity index (χ4v) is 1.68. The molecule has 8 nitrogen and oxygen atoms in total. The quantitative estimate of drug-likeness (QED) is 0.664. The molecule has 0 saturated heterocycles. The van der Waals surface area contributed by atoms with Crippen LogP contribution in [0.15, 0.2) is 22.6 Å². The lowest BCUT2D eigenvalue weighted by Gasteiger charge is -2.05. The molecule has 0 fully saturated rings. The highest BCUT2D eigenvalue weighted by molar-refractivity contribution is 5.92. The third-order valence-corrected chi connectivity index (χ3v) is 2.83. The van der Waals surface area contributed by atoms with Gasteiger partial charge in [-0.05, 0) is 19.9 Å². The van der Waals surface area contributed by atoms with Crippen molar-refractivity contribution in [3.63, 3.8) is 0 Å². The van der Waals surface area contributed by atoms with Crippen molar-refractivity contribution in [3.05, 3.63) is 51.2 Å². The number of ether oxygens (including phenoxy) is 1. The van der Waals surface area contributed by atoms with Crippen molar-refractivity contribution in [3.8, 4) is 5.75 Å². The van der Waals surface area contributed by atoms with Gasteiger partial charge in [0.15, 0.2) is 6.61 Å². The summed E-state index contributed by atoms with van der Waals surface area (Å²) >= 11 is 0. The first kappa shape index (κ1) is 14.5. The van der Waals surface area contributed by atoms with Gasteiger partial charge in [0.2, 0.25) is 5.89 Å². The van der Waals surface area contributed by atoms with Gasteiger partial charge < -0.3 is 14.3 Å². The Kier molecular flexibility index (Phi) is 3.88. The largest absolute Gasteiger partial charge is 0.484 e. The number of carbonyl (C=O) groups is 1. The van der Waals surface area contributed by atoms with Gasteiger partial charge in [-0.2, -0.15) is 0 Å². The molecular weight excluding hydrogens is 280 g/mol. The second-order valence-corrected chi connectivity index (χ2v) is 4.28. The molecule has 0 unspecified atom stereocenters. The number of oxazole rings is 1. The first-order valence-electron chi connectivity index (χ1n) is 5.96. The Morgan fingerprint density at radius 3 is 2.71 bits per heavy atom. The van der Waals surface area contributed by atoms with Gasteiger partial charge in [-0.15, -0.1) is 0 Å². The van der Waals surface area contributed by atoms with E-state index in [1.165, 1.54) is 6.07 Å². The summed E-state index contributed by atoms with van der Waals surface area (Å²) in [5.41, 5.74) is -0.182. The van der Waals surface area contributed by atoms with Crippen LogP contribution in [0.25, 0.3) is 0 Å². The molecule has 8 heteroatoms. The number of nitro benzene ring substituents is 1. The molecule has 1 aromatic carbocycles. The van der Waals surface area contributed by atoms with Crippen molar-refractivity contribution < 1.29 is 24.0 Å². The molecule has 0 saturated carbocycles. The Hall–Kier alpha value is -2.90. The average Bonchev–Trinajstić information content (AvgIpc) is 2.75. The lowest BCUT2D eigenvalue weighted by Crippen LogP contribution is -2.04. The van der Waals surface area contributed by atoms with Gasteiger partial charge in [-0.1, -0.05) is 0 Å². The summed E-state index contributed by atoms with van der Waals surface area (Å²) in [6, 6.07) is 3.52. The summed E-state index contributed by atoms with van der Waals surface area (Å²) in [5.74, 6) is -0.190. The molecule has 1 N–H and O–H groups in total. The molecule has 2 aromatic rings. The summed E-state index contributed by atoms with van der Waals surface area (Å²) in [6.45, 7) is 3.56. The van der Waals surface area contributed by atoms with Crippen molar-refractivity contribution in [2.24, 2.45) is 0 Å². The summed E-state index contributed by atoms with van der Waals surface area (Å²) in [4.78, 5) is 25.1. The maximum atomic E-state index is 11.0.